The van der Waals surface area contributed by atoms with E-state index in [1.807, 2.05) is 74.5 Å². The Kier molecular flexibility index (Phi) is 5.66. The van der Waals surface area contributed by atoms with Crippen molar-refractivity contribution in [3.05, 3.63) is 72.1 Å². The highest BCUT2D eigenvalue weighted by molar-refractivity contribution is 5.96. The summed E-state index contributed by atoms with van der Waals surface area (Å²) in [6.07, 6.45) is 0. The first kappa shape index (κ1) is 18.4. The minimum Gasteiger partial charge on any atom is -0.454 e. The number of benzene rings is 2. The maximum absolute atomic E-state index is 12.2. The van der Waals surface area contributed by atoms with Crippen LogP contribution in [0, 0.1) is 13.8 Å². The summed E-state index contributed by atoms with van der Waals surface area (Å²) in [5.74, 6) is -0.896. The zero-order chi connectivity index (χ0) is 19.2. The standard InChI is InChI=1S/C21H21N3O3/c1-15-12-16(2)24(23-15)13-21(26)27-14-20(25)22-19-11-7-6-10-18(19)17-8-4-3-5-9-17/h3-12H,13-14H2,1-2H3,(H,22,25). The molecule has 1 heterocycles. The molecule has 0 unspecified atom stereocenters. The number of nitrogens with one attached hydrogen (secondary N) is 1. The van der Waals surface area contributed by atoms with Gasteiger partial charge in [-0.1, -0.05) is 48.5 Å². The number of ether oxygens (including phenoxy) is 1. The number of nitrogens with zero attached hydrogens (tertiary/aromatic N) is 2. The number of esters is 1. The normalized spacial score (nSPS) is 10.4. The molecular weight excluding hydrogens is 342 g/mol. The minimum atomic E-state index is -0.507. The first-order valence-corrected chi connectivity index (χ1v) is 8.64. The Morgan fingerprint density at radius 2 is 1.74 bits per heavy atom. The average molecular weight is 363 g/mol. The number of hydrogen-bond donors (Lipinski definition) is 1. The third-order valence-electron chi connectivity index (χ3n) is 4.03. The van der Waals surface area contributed by atoms with E-state index in [-0.39, 0.29) is 19.1 Å². The van der Waals surface area contributed by atoms with Crippen LogP contribution in [-0.4, -0.2) is 28.3 Å². The maximum Gasteiger partial charge on any atom is 0.328 e. The molecule has 3 aromatic rings. The number of amides is 1. The smallest absolute Gasteiger partial charge is 0.328 e. The predicted octanol–water partition coefficient (Wildman–Crippen LogP) is 3.35. The van der Waals surface area contributed by atoms with Gasteiger partial charge in [0.1, 0.15) is 6.54 Å². The highest BCUT2D eigenvalue weighted by Crippen LogP contribution is 2.27. The molecule has 0 aliphatic heterocycles. The fourth-order valence-electron chi connectivity index (χ4n) is 2.80. The van der Waals surface area contributed by atoms with Crippen molar-refractivity contribution in [2.24, 2.45) is 0 Å². The van der Waals surface area contributed by atoms with Gasteiger partial charge in [0.05, 0.1) is 5.69 Å². The van der Waals surface area contributed by atoms with Gasteiger partial charge in [-0.3, -0.25) is 14.3 Å². The van der Waals surface area contributed by atoms with Crippen molar-refractivity contribution >= 4 is 17.6 Å². The molecule has 0 radical (unpaired) electrons. The quantitative estimate of drug-likeness (QED) is 0.682. The molecular formula is C21H21N3O3. The lowest BCUT2D eigenvalue weighted by atomic mass is 10.0. The second kappa shape index (κ2) is 8.31. The van der Waals surface area contributed by atoms with E-state index in [0.717, 1.165) is 22.5 Å². The van der Waals surface area contributed by atoms with Gasteiger partial charge < -0.3 is 10.1 Å². The molecule has 2 aromatic carbocycles. The fraction of sp³-hybridized carbons (Fsp3) is 0.190. The Bertz CT molecular complexity index is 948. The van der Waals surface area contributed by atoms with Crippen LogP contribution in [0.4, 0.5) is 5.69 Å². The Morgan fingerprint density at radius 3 is 2.44 bits per heavy atom. The Morgan fingerprint density at radius 1 is 1.04 bits per heavy atom. The third-order valence-corrected chi connectivity index (χ3v) is 4.03. The summed E-state index contributed by atoms with van der Waals surface area (Å²) >= 11 is 0. The lowest BCUT2D eigenvalue weighted by Gasteiger charge is -2.11. The van der Waals surface area contributed by atoms with Crippen LogP contribution in [0.25, 0.3) is 11.1 Å². The SMILES string of the molecule is Cc1cc(C)n(CC(=O)OCC(=O)Nc2ccccc2-c2ccccc2)n1. The van der Waals surface area contributed by atoms with Gasteiger partial charge in [0.25, 0.3) is 5.91 Å². The topological polar surface area (TPSA) is 73.2 Å². The van der Waals surface area contributed by atoms with Crippen LogP contribution in [0.1, 0.15) is 11.4 Å². The first-order valence-electron chi connectivity index (χ1n) is 8.64. The number of rotatable bonds is 6. The second-order valence-corrected chi connectivity index (χ2v) is 6.21. The summed E-state index contributed by atoms with van der Waals surface area (Å²) in [6, 6.07) is 19.1. The van der Waals surface area contributed by atoms with E-state index in [0.29, 0.717) is 5.69 Å². The lowest BCUT2D eigenvalue weighted by molar-refractivity contribution is -0.148. The van der Waals surface area contributed by atoms with Gasteiger partial charge in [0.15, 0.2) is 6.61 Å². The van der Waals surface area contributed by atoms with Crippen molar-refractivity contribution < 1.29 is 14.3 Å². The Hall–Kier alpha value is -3.41. The van der Waals surface area contributed by atoms with Crippen LogP contribution in [0.5, 0.6) is 0 Å². The number of carbonyl (C=O) groups is 2. The third kappa shape index (κ3) is 4.82. The van der Waals surface area contributed by atoms with Crippen molar-refractivity contribution in [1.82, 2.24) is 9.78 Å². The van der Waals surface area contributed by atoms with Crippen LogP contribution >= 0.6 is 0 Å². The largest absolute Gasteiger partial charge is 0.454 e. The van der Waals surface area contributed by atoms with Crippen LogP contribution in [0.15, 0.2) is 60.7 Å². The van der Waals surface area contributed by atoms with Crippen molar-refractivity contribution in [2.75, 3.05) is 11.9 Å². The molecule has 1 N–H and O–H groups in total. The summed E-state index contributed by atoms with van der Waals surface area (Å²) in [7, 11) is 0. The summed E-state index contributed by atoms with van der Waals surface area (Å²) in [5, 5.41) is 7.01. The van der Waals surface area contributed by atoms with Gasteiger partial charge in [0.2, 0.25) is 0 Å². The average Bonchev–Trinajstić information content (AvgIpc) is 2.98. The van der Waals surface area contributed by atoms with E-state index in [1.165, 1.54) is 0 Å². The second-order valence-electron chi connectivity index (χ2n) is 6.21. The van der Waals surface area contributed by atoms with Gasteiger partial charge in [-0.25, -0.2) is 0 Å². The Balaban J connectivity index is 1.59. The molecule has 1 aromatic heterocycles. The van der Waals surface area contributed by atoms with Gasteiger partial charge in [-0.2, -0.15) is 5.10 Å². The van der Waals surface area contributed by atoms with Gasteiger partial charge in [-0.15, -0.1) is 0 Å². The molecule has 0 aliphatic rings. The van der Waals surface area contributed by atoms with E-state index >= 15 is 0 Å². The molecule has 1 amide bonds. The van der Waals surface area contributed by atoms with Crippen LogP contribution < -0.4 is 5.32 Å². The molecule has 0 fully saturated rings. The highest BCUT2D eigenvalue weighted by atomic mass is 16.5. The maximum atomic E-state index is 12.2. The molecule has 0 bridgehead atoms. The number of hydrogen-bond acceptors (Lipinski definition) is 4. The van der Waals surface area contributed by atoms with Gasteiger partial charge >= 0.3 is 5.97 Å². The fourth-order valence-corrected chi connectivity index (χ4v) is 2.80. The predicted molar refractivity (Wildman–Crippen MR) is 103 cm³/mol. The molecule has 0 spiro atoms. The summed E-state index contributed by atoms with van der Waals surface area (Å²) < 4.78 is 6.63. The monoisotopic (exact) mass is 363 g/mol. The Labute approximate surface area is 157 Å². The van der Waals surface area contributed by atoms with Crippen molar-refractivity contribution in [3.63, 3.8) is 0 Å². The van der Waals surface area contributed by atoms with Crippen molar-refractivity contribution in [1.29, 1.82) is 0 Å². The number of aryl methyl sites for hydroxylation is 2. The number of aromatic nitrogens is 2. The summed E-state index contributed by atoms with van der Waals surface area (Å²) in [4.78, 5) is 24.2. The molecule has 138 valence electrons. The molecule has 3 rings (SSSR count). The highest BCUT2D eigenvalue weighted by Gasteiger charge is 2.12. The molecule has 0 saturated heterocycles. The van der Waals surface area contributed by atoms with Gasteiger partial charge in [0, 0.05) is 16.9 Å². The summed E-state index contributed by atoms with van der Waals surface area (Å²) in [5.41, 5.74) is 4.26. The molecule has 6 heteroatoms. The van der Waals surface area contributed by atoms with Gasteiger partial charge in [-0.05, 0) is 31.5 Å². The number of carbonyl (C=O) groups excluding carboxylic acids is 2. The molecule has 0 atom stereocenters. The zero-order valence-corrected chi connectivity index (χ0v) is 15.3. The van der Waals surface area contributed by atoms with Crippen LogP contribution in [-0.2, 0) is 20.9 Å². The minimum absolute atomic E-state index is 0.0203. The summed E-state index contributed by atoms with van der Waals surface area (Å²) in [6.45, 7) is 3.35. The number of anilines is 1. The van der Waals surface area contributed by atoms with E-state index in [1.54, 1.807) is 4.68 Å². The van der Waals surface area contributed by atoms with Crippen molar-refractivity contribution in [2.45, 2.75) is 20.4 Å². The first-order chi connectivity index (χ1) is 13.0. The van der Waals surface area contributed by atoms with Crippen LogP contribution in [0.3, 0.4) is 0 Å². The molecule has 0 aliphatic carbocycles. The van der Waals surface area contributed by atoms with Crippen molar-refractivity contribution in [3.8, 4) is 11.1 Å². The van der Waals surface area contributed by atoms with E-state index in [9.17, 15) is 9.59 Å². The van der Waals surface area contributed by atoms with E-state index in [2.05, 4.69) is 10.4 Å². The molecule has 27 heavy (non-hydrogen) atoms. The van der Waals surface area contributed by atoms with E-state index in [4.69, 9.17) is 4.74 Å². The number of para-hydroxylation sites is 1. The van der Waals surface area contributed by atoms with E-state index < -0.39 is 5.97 Å². The lowest BCUT2D eigenvalue weighted by Crippen LogP contribution is -2.23. The zero-order valence-electron chi connectivity index (χ0n) is 15.3. The molecule has 0 saturated carbocycles. The molecule has 6 nitrogen and oxygen atoms in total. The van der Waals surface area contributed by atoms with Crippen LogP contribution in [0.2, 0.25) is 0 Å².